The number of fused-ring (bicyclic) bond motifs is 1. The third-order valence-electron chi connectivity index (χ3n) is 5.98. The molecule has 0 aliphatic carbocycles. The molecule has 1 fully saturated rings. The molecule has 0 spiro atoms. The lowest BCUT2D eigenvalue weighted by Gasteiger charge is -2.32. The number of carboxylic acid groups (broad SMARTS) is 1. The molecule has 4 rings (SSSR count). The van der Waals surface area contributed by atoms with Gasteiger partial charge in [-0.2, -0.15) is 5.10 Å². The van der Waals surface area contributed by atoms with Crippen LogP contribution >= 0.6 is 12.4 Å². The van der Waals surface area contributed by atoms with Gasteiger partial charge < -0.3 is 19.9 Å². The highest BCUT2D eigenvalue weighted by atomic mass is 35.5. The van der Waals surface area contributed by atoms with E-state index in [0.29, 0.717) is 36.6 Å². The topological polar surface area (TPSA) is 100 Å². The fourth-order valence-electron chi connectivity index (χ4n) is 4.17. The lowest BCUT2D eigenvalue weighted by atomic mass is 9.87. The number of carbonyl (C=O) groups is 2. The van der Waals surface area contributed by atoms with Crippen molar-refractivity contribution in [2.45, 2.75) is 32.3 Å². The van der Waals surface area contributed by atoms with Gasteiger partial charge in [0.1, 0.15) is 11.9 Å². The molecule has 2 N–H and O–H groups in total. The lowest BCUT2D eigenvalue weighted by molar-refractivity contribution is -0.139. The number of carboxylic acids is 1. The Balaban J connectivity index is 0.00000324. The Morgan fingerprint density at radius 1 is 1.18 bits per heavy atom. The van der Waals surface area contributed by atoms with E-state index < -0.39 is 5.97 Å². The molecule has 8 nitrogen and oxygen atoms in total. The van der Waals surface area contributed by atoms with Crippen LogP contribution in [0.5, 0.6) is 5.75 Å². The molecule has 2 unspecified atom stereocenters. The van der Waals surface area contributed by atoms with Crippen LogP contribution in [0.25, 0.3) is 0 Å². The Bertz CT molecular complexity index is 1020. The summed E-state index contributed by atoms with van der Waals surface area (Å²) in [7, 11) is 0. The van der Waals surface area contributed by atoms with Gasteiger partial charge in [0.05, 0.1) is 38.9 Å². The first-order chi connectivity index (χ1) is 16.0. The normalized spacial score (nSPS) is 19.6. The van der Waals surface area contributed by atoms with Crippen molar-refractivity contribution in [1.82, 2.24) is 5.01 Å². The smallest absolute Gasteiger partial charge is 0.303 e. The highest BCUT2D eigenvalue weighted by Gasteiger charge is 2.30. The Morgan fingerprint density at radius 3 is 2.59 bits per heavy atom. The fraction of sp³-hybridized carbons (Fsp3) is 0.400. The summed E-state index contributed by atoms with van der Waals surface area (Å²) in [6, 6.07) is 12.8. The first kappa shape index (κ1) is 25.5. The molecule has 1 amide bonds. The number of carbonyl (C=O) groups excluding carboxylic acids is 1. The number of nitrogens with one attached hydrogen (secondary N) is 1. The van der Waals surface area contributed by atoms with Crippen molar-refractivity contribution in [2.75, 3.05) is 31.6 Å². The number of hydrogen-bond acceptors (Lipinski definition) is 6. The van der Waals surface area contributed by atoms with Gasteiger partial charge in [0.15, 0.2) is 0 Å². The Hall–Kier alpha value is -3.10. The van der Waals surface area contributed by atoms with Gasteiger partial charge in [-0.1, -0.05) is 25.1 Å². The number of hydrogen-bond donors (Lipinski definition) is 2. The standard InChI is InChI=1S/C25H29N3O5.ClH/c1-2-22-20(14-24(29)30)13-19-7-8-21(15-23(19)33-22)27-25(31)18-5-3-17(4-6-18)16-26-28-9-11-32-12-10-28;/h3-8,15-16,20,22H,2,9-14H2,1H3,(H,27,31)(H,29,30);1H. The van der Waals surface area contributed by atoms with E-state index in [1.807, 2.05) is 42.3 Å². The summed E-state index contributed by atoms with van der Waals surface area (Å²) in [5.74, 6) is -0.368. The number of benzene rings is 2. The van der Waals surface area contributed by atoms with Crippen molar-refractivity contribution in [2.24, 2.45) is 11.0 Å². The monoisotopic (exact) mass is 487 g/mol. The number of morpholine rings is 1. The van der Waals surface area contributed by atoms with Gasteiger partial charge in [0, 0.05) is 23.2 Å². The van der Waals surface area contributed by atoms with Crippen molar-refractivity contribution in [3.8, 4) is 5.75 Å². The molecule has 2 aliphatic heterocycles. The van der Waals surface area contributed by atoms with Crippen molar-refractivity contribution in [1.29, 1.82) is 0 Å². The predicted octanol–water partition coefficient (Wildman–Crippen LogP) is 3.83. The van der Waals surface area contributed by atoms with Crippen molar-refractivity contribution in [3.05, 3.63) is 59.2 Å². The third kappa shape index (κ3) is 6.48. The molecule has 2 heterocycles. The highest BCUT2D eigenvalue weighted by molar-refractivity contribution is 6.04. The molecule has 1 saturated heterocycles. The zero-order valence-electron chi connectivity index (χ0n) is 19.1. The van der Waals surface area contributed by atoms with E-state index in [0.717, 1.165) is 30.6 Å². The van der Waals surface area contributed by atoms with Crippen LogP contribution in [0.2, 0.25) is 0 Å². The van der Waals surface area contributed by atoms with E-state index in [1.165, 1.54) is 0 Å². The first-order valence-corrected chi connectivity index (χ1v) is 11.3. The maximum absolute atomic E-state index is 12.7. The molecule has 2 aliphatic rings. The summed E-state index contributed by atoms with van der Waals surface area (Å²) in [5.41, 5.74) is 3.07. The van der Waals surface area contributed by atoms with Gasteiger partial charge in [-0.05, 0) is 42.2 Å². The number of rotatable bonds is 7. The molecule has 182 valence electrons. The van der Waals surface area contributed by atoms with Crippen molar-refractivity contribution < 1.29 is 24.2 Å². The summed E-state index contributed by atoms with van der Waals surface area (Å²) in [4.78, 5) is 23.9. The lowest BCUT2D eigenvalue weighted by Crippen LogP contribution is -2.34. The highest BCUT2D eigenvalue weighted by Crippen LogP contribution is 2.35. The molecule has 0 bridgehead atoms. The Labute approximate surface area is 205 Å². The van der Waals surface area contributed by atoms with Gasteiger partial charge in [-0.25, -0.2) is 0 Å². The molecule has 0 radical (unpaired) electrons. The Kier molecular flexibility index (Phi) is 8.90. The fourth-order valence-corrected chi connectivity index (χ4v) is 4.17. The van der Waals surface area contributed by atoms with Crippen LogP contribution in [0.3, 0.4) is 0 Å². The molecular formula is C25H30ClN3O5. The van der Waals surface area contributed by atoms with Crippen LogP contribution < -0.4 is 10.1 Å². The maximum Gasteiger partial charge on any atom is 0.303 e. The summed E-state index contributed by atoms with van der Waals surface area (Å²) >= 11 is 0. The Morgan fingerprint density at radius 2 is 1.91 bits per heavy atom. The van der Waals surface area contributed by atoms with Crippen LogP contribution in [-0.2, 0) is 16.0 Å². The van der Waals surface area contributed by atoms with Crippen LogP contribution in [0.1, 0.15) is 41.3 Å². The molecule has 2 aromatic rings. The van der Waals surface area contributed by atoms with E-state index in [4.69, 9.17) is 14.6 Å². The molecular weight excluding hydrogens is 458 g/mol. The van der Waals surface area contributed by atoms with Gasteiger partial charge >= 0.3 is 5.97 Å². The van der Waals surface area contributed by atoms with E-state index in [9.17, 15) is 9.59 Å². The number of amides is 1. The van der Waals surface area contributed by atoms with Gasteiger partial charge in [0.2, 0.25) is 0 Å². The number of hydrazone groups is 1. The van der Waals surface area contributed by atoms with E-state index in [1.54, 1.807) is 18.3 Å². The van der Waals surface area contributed by atoms with Crippen LogP contribution in [0.15, 0.2) is 47.6 Å². The number of aliphatic carboxylic acids is 1. The SMILES string of the molecule is CCC1Oc2cc(NC(=O)c3ccc(C=NN4CCOCC4)cc3)ccc2CC1CC(=O)O.Cl. The maximum atomic E-state index is 12.7. The van der Waals surface area contributed by atoms with E-state index in [2.05, 4.69) is 10.4 Å². The minimum Gasteiger partial charge on any atom is -0.490 e. The number of ether oxygens (including phenoxy) is 2. The van der Waals surface area contributed by atoms with E-state index in [-0.39, 0.29) is 36.8 Å². The second-order valence-corrected chi connectivity index (χ2v) is 8.34. The molecule has 2 atom stereocenters. The minimum atomic E-state index is -0.812. The molecule has 0 aromatic heterocycles. The summed E-state index contributed by atoms with van der Waals surface area (Å²) in [5, 5.41) is 18.5. The van der Waals surface area contributed by atoms with E-state index >= 15 is 0 Å². The zero-order chi connectivity index (χ0) is 23.2. The second kappa shape index (κ2) is 11.9. The third-order valence-corrected chi connectivity index (χ3v) is 5.98. The zero-order valence-corrected chi connectivity index (χ0v) is 19.9. The average Bonchev–Trinajstić information content (AvgIpc) is 2.83. The van der Waals surface area contributed by atoms with Gasteiger partial charge in [0.25, 0.3) is 5.91 Å². The van der Waals surface area contributed by atoms with Gasteiger partial charge in [-0.3, -0.25) is 14.6 Å². The summed E-state index contributed by atoms with van der Waals surface area (Å²) in [6.07, 6.45) is 3.11. The second-order valence-electron chi connectivity index (χ2n) is 8.34. The number of anilines is 1. The summed E-state index contributed by atoms with van der Waals surface area (Å²) in [6.45, 7) is 4.92. The van der Waals surface area contributed by atoms with Gasteiger partial charge in [-0.15, -0.1) is 12.4 Å². The first-order valence-electron chi connectivity index (χ1n) is 11.3. The minimum absolute atomic E-state index is 0. The van der Waals surface area contributed by atoms with Crippen LogP contribution in [0.4, 0.5) is 5.69 Å². The average molecular weight is 488 g/mol. The largest absolute Gasteiger partial charge is 0.490 e. The molecule has 34 heavy (non-hydrogen) atoms. The van der Waals surface area contributed by atoms with Crippen LogP contribution in [-0.4, -0.2) is 60.6 Å². The van der Waals surface area contributed by atoms with Crippen LogP contribution in [0, 0.1) is 5.92 Å². The number of halogens is 1. The molecule has 2 aromatic carbocycles. The predicted molar refractivity (Wildman–Crippen MR) is 132 cm³/mol. The number of nitrogens with zero attached hydrogens (tertiary/aromatic N) is 2. The molecule has 9 heteroatoms. The quantitative estimate of drug-likeness (QED) is 0.576. The van der Waals surface area contributed by atoms with Crippen molar-refractivity contribution in [3.63, 3.8) is 0 Å². The van der Waals surface area contributed by atoms with Crippen molar-refractivity contribution >= 4 is 36.2 Å². The summed E-state index contributed by atoms with van der Waals surface area (Å²) < 4.78 is 11.4. The molecule has 0 saturated carbocycles.